The second-order valence-corrected chi connectivity index (χ2v) is 5.71. The number of aromatic nitrogens is 5. The summed E-state index contributed by atoms with van der Waals surface area (Å²) in [7, 11) is 0. The Labute approximate surface area is 138 Å². The minimum atomic E-state index is 0.561. The second-order valence-electron chi connectivity index (χ2n) is 5.71. The van der Waals surface area contributed by atoms with Gasteiger partial charge >= 0.3 is 0 Å². The van der Waals surface area contributed by atoms with Crippen molar-refractivity contribution in [3.63, 3.8) is 0 Å². The molecule has 0 atom stereocenters. The molecule has 0 saturated carbocycles. The molecule has 0 fully saturated rings. The fraction of sp³-hybridized carbons (Fsp3) is 0.176. The van der Waals surface area contributed by atoms with E-state index in [2.05, 4.69) is 20.3 Å². The first-order chi connectivity index (χ1) is 11.6. The topological polar surface area (TPSA) is 95.7 Å². The van der Waals surface area contributed by atoms with E-state index in [4.69, 9.17) is 10.2 Å². The standard InChI is InChI=1S/C17H16N6O/c1-10-8-12(5-6-13(10)18)9-23-17-16(21-22-23)15(19-11(2)20-17)14-4-3-7-24-14/h3-8H,9,18H2,1-2H3. The molecular weight excluding hydrogens is 304 g/mol. The van der Waals surface area contributed by atoms with Gasteiger partial charge in [-0.15, -0.1) is 5.10 Å². The van der Waals surface area contributed by atoms with Crippen molar-refractivity contribution in [2.75, 3.05) is 5.73 Å². The molecule has 4 rings (SSSR count). The number of benzene rings is 1. The molecule has 0 aliphatic carbocycles. The smallest absolute Gasteiger partial charge is 0.182 e. The van der Waals surface area contributed by atoms with Gasteiger partial charge in [-0.2, -0.15) is 0 Å². The first-order valence-corrected chi connectivity index (χ1v) is 7.58. The lowest BCUT2D eigenvalue weighted by Gasteiger charge is -2.06. The summed E-state index contributed by atoms with van der Waals surface area (Å²) < 4.78 is 7.22. The van der Waals surface area contributed by atoms with E-state index in [0.717, 1.165) is 16.8 Å². The lowest BCUT2D eigenvalue weighted by Crippen LogP contribution is -2.05. The van der Waals surface area contributed by atoms with Crippen molar-refractivity contribution >= 4 is 16.9 Å². The van der Waals surface area contributed by atoms with Crippen molar-refractivity contribution in [1.82, 2.24) is 25.0 Å². The summed E-state index contributed by atoms with van der Waals surface area (Å²) in [6.45, 7) is 4.39. The Morgan fingerprint density at radius 2 is 2.04 bits per heavy atom. The number of hydrogen-bond acceptors (Lipinski definition) is 6. The van der Waals surface area contributed by atoms with Crippen molar-refractivity contribution in [3.05, 3.63) is 53.5 Å². The van der Waals surface area contributed by atoms with Crippen LogP contribution in [0, 0.1) is 13.8 Å². The Hall–Kier alpha value is -3.22. The highest BCUT2D eigenvalue weighted by atomic mass is 16.3. The van der Waals surface area contributed by atoms with Gasteiger partial charge in [0.15, 0.2) is 16.9 Å². The molecule has 7 heteroatoms. The van der Waals surface area contributed by atoms with Crippen molar-refractivity contribution in [2.24, 2.45) is 0 Å². The Balaban J connectivity index is 1.81. The number of anilines is 1. The molecule has 0 saturated heterocycles. The number of hydrogen-bond donors (Lipinski definition) is 1. The summed E-state index contributed by atoms with van der Waals surface area (Å²) >= 11 is 0. The first kappa shape index (κ1) is 14.4. The number of furan rings is 1. The average Bonchev–Trinajstić information content (AvgIpc) is 3.21. The molecule has 0 amide bonds. The molecule has 0 radical (unpaired) electrons. The monoisotopic (exact) mass is 320 g/mol. The predicted octanol–water partition coefficient (Wildman–Crippen LogP) is 2.73. The molecule has 0 aliphatic heterocycles. The van der Waals surface area contributed by atoms with Crippen molar-refractivity contribution < 1.29 is 4.42 Å². The van der Waals surface area contributed by atoms with E-state index in [-0.39, 0.29) is 0 Å². The summed E-state index contributed by atoms with van der Waals surface area (Å²) in [4.78, 5) is 8.96. The van der Waals surface area contributed by atoms with Crippen LogP contribution in [-0.2, 0) is 6.54 Å². The van der Waals surface area contributed by atoms with Crippen LogP contribution in [0.5, 0.6) is 0 Å². The third-order valence-corrected chi connectivity index (χ3v) is 3.90. The van der Waals surface area contributed by atoms with E-state index in [1.165, 1.54) is 0 Å². The second kappa shape index (κ2) is 5.45. The van der Waals surface area contributed by atoms with Crippen molar-refractivity contribution in [2.45, 2.75) is 20.4 Å². The highest BCUT2D eigenvalue weighted by Gasteiger charge is 2.16. The lowest BCUT2D eigenvalue weighted by atomic mass is 10.1. The average molecular weight is 320 g/mol. The Kier molecular flexibility index (Phi) is 3.26. The molecule has 4 aromatic rings. The SMILES string of the molecule is Cc1nc(-c2ccco2)c2nnn(Cc3ccc(N)c(C)c3)c2n1. The number of nitrogens with zero attached hydrogens (tertiary/aromatic N) is 5. The molecule has 0 bridgehead atoms. The van der Waals surface area contributed by atoms with Gasteiger partial charge in [0.05, 0.1) is 12.8 Å². The zero-order valence-electron chi connectivity index (χ0n) is 13.4. The molecule has 2 N–H and O–H groups in total. The molecule has 0 unspecified atom stereocenters. The summed E-state index contributed by atoms with van der Waals surface area (Å²) in [5, 5.41) is 8.50. The fourth-order valence-electron chi connectivity index (χ4n) is 2.67. The molecule has 0 spiro atoms. The van der Waals surface area contributed by atoms with E-state index in [1.54, 1.807) is 10.9 Å². The van der Waals surface area contributed by atoms with Gasteiger partial charge in [0.25, 0.3) is 0 Å². The van der Waals surface area contributed by atoms with Crippen LogP contribution in [0.1, 0.15) is 17.0 Å². The van der Waals surface area contributed by atoms with Gasteiger partial charge in [0.2, 0.25) is 0 Å². The van der Waals surface area contributed by atoms with Crippen LogP contribution in [0.15, 0.2) is 41.0 Å². The summed E-state index contributed by atoms with van der Waals surface area (Å²) in [6.07, 6.45) is 1.61. The Morgan fingerprint density at radius 3 is 2.79 bits per heavy atom. The van der Waals surface area contributed by atoms with Gasteiger partial charge < -0.3 is 10.2 Å². The molecule has 0 aliphatic rings. The minimum Gasteiger partial charge on any atom is -0.463 e. The van der Waals surface area contributed by atoms with Crippen molar-refractivity contribution in [1.29, 1.82) is 0 Å². The van der Waals surface area contributed by atoms with Gasteiger partial charge in [0, 0.05) is 5.69 Å². The number of aryl methyl sites for hydroxylation is 2. The summed E-state index contributed by atoms with van der Waals surface area (Å²) in [6, 6.07) is 9.60. The Morgan fingerprint density at radius 1 is 1.17 bits per heavy atom. The van der Waals surface area contributed by atoms with E-state index in [0.29, 0.717) is 35.0 Å². The van der Waals surface area contributed by atoms with Gasteiger partial charge in [-0.1, -0.05) is 17.3 Å². The van der Waals surface area contributed by atoms with Gasteiger partial charge in [-0.25, -0.2) is 14.6 Å². The highest BCUT2D eigenvalue weighted by Crippen LogP contribution is 2.25. The predicted molar refractivity (Wildman–Crippen MR) is 90.3 cm³/mol. The number of nitrogens with two attached hydrogens (primary N) is 1. The number of rotatable bonds is 3. The van der Waals surface area contributed by atoms with E-state index in [1.807, 2.05) is 44.2 Å². The summed E-state index contributed by atoms with van der Waals surface area (Å²) in [5.41, 5.74) is 10.8. The van der Waals surface area contributed by atoms with Crippen LogP contribution >= 0.6 is 0 Å². The van der Waals surface area contributed by atoms with Crippen LogP contribution in [0.25, 0.3) is 22.6 Å². The van der Waals surface area contributed by atoms with Gasteiger partial charge in [0.1, 0.15) is 11.5 Å². The first-order valence-electron chi connectivity index (χ1n) is 7.58. The number of fused-ring (bicyclic) bond motifs is 1. The molecule has 3 heterocycles. The lowest BCUT2D eigenvalue weighted by molar-refractivity contribution is 0.580. The van der Waals surface area contributed by atoms with Gasteiger partial charge in [-0.3, -0.25) is 0 Å². The normalized spacial score (nSPS) is 11.2. The van der Waals surface area contributed by atoms with E-state index in [9.17, 15) is 0 Å². The van der Waals surface area contributed by atoms with Crippen LogP contribution < -0.4 is 5.73 Å². The molecule has 1 aromatic carbocycles. The zero-order valence-corrected chi connectivity index (χ0v) is 13.4. The van der Waals surface area contributed by atoms with Crippen LogP contribution in [0.3, 0.4) is 0 Å². The van der Waals surface area contributed by atoms with E-state index < -0.39 is 0 Å². The summed E-state index contributed by atoms with van der Waals surface area (Å²) in [5.74, 6) is 1.30. The number of nitrogen functional groups attached to an aromatic ring is 1. The maximum atomic E-state index is 5.88. The third-order valence-electron chi connectivity index (χ3n) is 3.90. The quantitative estimate of drug-likeness (QED) is 0.583. The largest absolute Gasteiger partial charge is 0.463 e. The molecule has 7 nitrogen and oxygen atoms in total. The zero-order chi connectivity index (χ0) is 16.7. The van der Waals surface area contributed by atoms with Crippen LogP contribution in [0.2, 0.25) is 0 Å². The maximum absolute atomic E-state index is 5.88. The third kappa shape index (κ3) is 2.40. The maximum Gasteiger partial charge on any atom is 0.182 e. The molecule has 24 heavy (non-hydrogen) atoms. The Bertz CT molecular complexity index is 1020. The van der Waals surface area contributed by atoms with Crippen LogP contribution in [0.4, 0.5) is 5.69 Å². The van der Waals surface area contributed by atoms with Gasteiger partial charge in [-0.05, 0) is 43.2 Å². The fourth-order valence-corrected chi connectivity index (χ4v) is 2.67. The molecular formula is C17H16N6O. The minimum absolute atomic E-state index is 0.561. The highest BCUT2D eigenvalue weighted by molar-refractivity contribution is 5.84. The van der Waals surface area contributed by atoms with Crippen LogP contribution in [-0.4, -0.2) is 25.0 Å². The molecule has 3 aromatic heterocycles. The molecule has 120 valence electrons. The van der Waals surface area contributed by atoms with E-state index >= 15 is 0 Å². The van der Waals surface area contributed by atoms with Crippen molar-refractivity contribution in [3.8, 4) is 11.5 Å².